The smallest absolute Gasteiger partial charge is 0.374 e. The van der Waals surface area contributed by atoms with Crippen LogP contribution in [0.2, 0.25) is 0 Å². The Morgan fingerprint density at radius 3 is 3.10 bits per heavy atom. The van der Waals surface area contributed by atoms with Crippen LogP contribution in [0.4, 0.5) is 0 Å². The van der Waals surface area contributed by atoms with E-state index >= 15 is 0 Å². The number of carbonyl (C=O) groups excluding carboxylic acids is 1. The van der Waals surface area contributed by atoms with E-state index in [2.05, 4.69) is 21.9 Å². The summed E-state index contributed by atoms with van der Waals surface area (Å²) in [7, 11) is 1.30. The van der Waals surface area contributed by atoms with Crippen LogP contribution in [0.1, 0.15) is 35.9 Å². The molecule has 8 heteroatoms. The lowest BCUT2D eigenvalue weighted by molar-refractivity contribution is 0.0564. The molecule has 0 aliphatic rings. The number of rotatable bonds is 7. The molecule has 1 N–H and O–H groups in total. The third kappa shape index (κ3) is 3.57. The van der Waals surface area contributed by atoms with Crippen LogP contribution in [0, 0.1) is 0 Å². The fraction of sp³-hybridized carbons (Fsp3) is 0.462. The Labute approximate surface area is 125 Å². The topological polar surface area (TPSA) is 90.1 Å². The second kappa shape index (κ2) is 7.16. The van der Waals surface area contributed by atoms with Crippen LogP contribution in [0.15, 0.2) is 26.7 Å². The molecule has 0 atom stereocenters. The van der Waals surface area contributed by atoms with E-state index < -0.39 is 5.97 Å². The number of hydrogen-bond donors (Lipinski definition) is 1. The number of thioether (sulfide) groups is 1. The Hall–Kier alpha value is -1.96. The first-order valence-electron chi connectivity index (χ1n) is 6.60. The van der Waals surface area contributed by atoms with Gasteiger partial charge in [0.25, 0.3) is 0 Å². The monoisotopic (exact) mass is 311 g/mol. The largest absolute Gasteiger partial charge is 0.463 e. The number of hydrogen-bond acceptors (Lipinski definition) is 6. The molecule has 0 amide bonds. The van der Waals surface area contributed by atoms with Crippen molar-refractivity contribution in [2.75, 3.05) is 7.11 Å². The molecule has 2 heterocycles. The minimum atomic E-state index is -0.513. The average Bonchev–Trinajstić information content (AvgIpc) is 3.09. The number of aromatic amines is 1. The van der Waals surface area contributed by atoms with Gasteiger partial charge in [0.15, 0.2) is 5.16 Å². The number of carbonyl (C=O) groups is 1. The summed E-state index contributed by atoms with van der Waals surface area (Å²) in [5, 5.41) is 7.05. The molecule has 0 fully saturated rings. The number of esters is 1. The van der Waals surface area contributed by atoms with Crippen molar-refractivity contribution in [2.45, 2.75) is 37.2 Å². The van der Waals surface area contributed by atoms with Gasteiger partial charge in [-0.15, -0.1) is 5.10 Å². The number of nitrogens with zero attached hydrogens (tertiary/aromatic N) is 2. The van der Waals surface area contributed by atoms with E-state index in [0.717, 1.165) is 12.8 Å². The SMILES string of the molecule is CCCCn1c(SCc2ccoc2C(=O)OC)n[nH]c1=O. The Balaban J connectivity index is 2.09. The molecule has 2 aromatic rings. The fourth-order valence-corrected chi connectivity index (χ4v) is 2.74. The van der Waals surface area contributed by atoms with Crippen molar-refractivity contribution in [2.24, 2.45) is 0 Å². The van der Waals surface area contributed by atoms with Gasteiger partial charge in [-0.3, -0.25) is 4.57 Å². The van der Waals surface area contributed by atoms with Crippen LogP contribution < -0.4 is 5.69 Å². The third-order valence-electron chi connectivity index (χ3n) is 2.93. The van der Waals surface area contributed by atoms with E-state index in [-0.39, 0.29) is 11.4 Å². The quantitative estimate of drug-likeness (QED) is 0.621. The Morgan fingerprint density at radius 2 is 2.38 bits per heavy atom. The number of unbranched alkanes of at least 4 members (excludes halogenated alkanes) is 1. The van der Waals surface area contributed by atoms with Crippen molar-refractivity contribution in [3.05, 3.63) is 34.1 Å². The maximum atomic E-state index is 11.7. The lowest BCUT2D eigenvalue weighted by Crippen LogP contribution is -2.17. The highest BCUT2D eigenvalue weighted by atomic mass is 32.2. The molecule has 21 heavy (non-hydrogen) atoms. The van der Waals surface area contributed by atoms with Crippen molar-refractivity contribution in [1.29, 1.82) is 0 Å². The summed E-state index contributed by atoms with van der Waals surface area (Å²) in [6.45, 7) is 2.69. The van der Waals surface area contributed by atoms with Crippen molar-refractivity contribution < 1.29 is 13.9 Å². The molecule has 0 aliphatic carbocycles. The summed E-state index contributed by atoms with van der Waals surface area (Å²) in [6.07, 6.45) is 3.35. The van der Waals surface area contributed by atoms with E-state index in [9.17, 15) is 9.59 Å². The number of ether oxygens (including phenoxy) is 1. The normalized spacial score (nSPS) is 10.8. The highest BCUT2D eigenvalue weighted by Crippen LogP contribution is 2.23. The minimum Gasteiger partial charge on any atom is -0.463 e. The first-order chi connectivity index (χ1) is 10.2. The van der Waals surface area contributed by atoms with E-state index in [4.69, 9.17) is 4.42 Å². The van der Waals surface area contributed by atoms with Gasteiger partial charge in [-0.1, -0.05) is 25.1 Å². The predicted octanol–water partition coefficient (Wildman–Crippen LogP) is 2.04. The highest BCUT2D eigenvalue weighted by Gasteiger charge is 2.17. The Kier molecular flexibility index (Phi) is 5.26. The third-order valence-corrected chi connectivity index (χ3v) is 3.96. The number of H-pyrrole nitrogens is 1. The van der Waals surface area contributed by atoms with Crippen LogP contribution in [0.5, 0.6) is 0 Å². The van der Waals surface area contributed by atoms with Crippen LogP contribution in [-0.2, 0) is 17.0 Å². The molecule has 2 aromatic heterocycles. The summed E-state index contributed by atoms with van der Waals surface area (Å²) in [6, 6.07) is 1.71. The van der Waals surface area contributed by atoms with Gasteiger partial charge in [0, 0.05) is 17.9 Å². The molecule has 0 saturated carbocycles. The van der Waals surface area contributed by atoms with E-state index in [1.807, 2.05) is 0 Å². The molecule has 114 valence electrons. The molecule has 0 aliphatic heterocycles. The zero-order valence-electron chi connectivity index (χ0n) is 11.9. The summed E-state index contributed by atoms with van der Waals surface area (Å²) >= 11 is 1.37. The first kappa shape index (κ1) is 15.4. The van der Waals surface area contributed by atoms with Crippen molar-refractivity contribution >= 4 is 17.7 Å². The van der Waals surface area contributed by atoms with Crippen LogP contribution >= 0.6 is 11.8 Å². The van der Waals surface area contributed by atoms with Crippen LogP contribution in [-0.4, -0.2) is 27.8 Å². The van der Waals surface area contributed by atoms with Gasteiger partial charge in [0.2, 0.25) is 5.76 Å². The molecule has 0 bridgehead atoms. The van der Waals surface area contributed by atoms with Crippen LogP contribution in [0.3, 0.4) is 0 Å². The summed E-state index contributed by atoms with van der Waals surface area (Å²) in [4.78, 5) is 23.2. The average molecular weight is 311 g/mol. The number of methoxy groups -OCH3 is 1. The van der Waals surface area contributed by atoms with E-state index in [0.29, 0.717) is 23.0 Å². The molecule has 2 rings (SSSR count). The van der Waals surface area contributed by atoms with Crippen molar-refractivity contribution in [3.63, 3.8) is 0 Å². The molecule has 0 radical (unpaired) electrons. The van der Waals surface area contributed by atoms with Gasteiger partial charge >= 0.3 is 11.7 Å². The standard InChI is InChI=1S/C13H17N3O4S/c1-3-4-6-16-12(18)14-15-13(16)21-8-9-5-7-20-10(9)11(17)19-2/h5,7H,3-4,6,8H2,1-2H3,(H,14,18). The molecule has 0 saturated heterocycles. The van der Waals surface area contributed by atoms with Crippen LogP contribution in [0.25, 0.3) is 0 Å². The minimum absolute atomic E-state index is 0.183. The zero-order chi connectivity index (χ0) is 15.2. The summed E-state index contributed by atoms with van der Waals surface area (Å²) in [5.74, 6) is 0.140. The number of furan rings is 1. The van der Waals surface area contributed by atoms with Gasteiger partial charge in [-0.05, 0) is 12.5 Å². The number of nitrogens with one attached hydrogen (secondary N) is 1. The molecule has 7 nitrogen and oxygen atoms in total. The van der Waals surface area contributed by atoms with Gasteiger partial charge in [0.1, 0.15) is 0 Å². The molecule has 0 spiro atoms. The lowest BCUT2D eigenvalue weighted by Gasteiger charge is -2.04. The molecule has 0 aromatic carbocycles. The summed E-state index contributed by atoms with van der Waals surface area (Å²) < 4.78 is 11.4. The summed E-state index contributed by atoms with van der Waals surface area (Å²) in [5.41, 5.74) is 0.496. The van der Waals surface area contributed by atoms with Gasteiger partial charge < -0.3 is 9.15 Å². The predicted molar refractivity (Wildman–Crippen MR) is 77.4 cm³/mol. The van der Waals surface area contributed by atoms with Crippen molar-refractivity contribution in [1.82, 2.24) is 14.8 Å². The second-order valence-electron chi connectivity index (χ2n) is 4.37. The lowest BCUT2D eigenvalue weighted by atomic mass is 10.3. The number of aromatic nitrogens is 3. The Bertz CT molecular complexity index is 658. The maximum Gasteiger partial charge on any atom is 0.374 e. The van der Waals surface area contributed by atoms with Gasteiger partial charge in [0.05, 0.1) is 13.4 Å². The second-order valence-corrected chi connectivity index (χ2v) is 5.31. The van der Waals surface area contributed by atoms with Crippen molar-refractivity contribution in [3.8, 4) is 0 Å². The molecule has 0 unspecified atom stereocenters. The highest BCUT2D eigenvalue weighted by molar-refractivity contribution is 7.98. The zero-order valence-corrected chi connectivity index (χ0v) is 12.7. The van der Waals surface area contributed by atoms with Gasteiger partial charge in [-0.25, -0.2) is 14.7 Å². The first-order valence-corrected chi connectivity index (χ1v) is 7.58. The fourth-order valence-electron chi connectivity index (χ4n) is 1.79. The maximum absolute atomic E-state index is 11.7. The van der Waals surface area contributed by atoms with E-state index in [1.165, 1.54) is 25.1 Å². The molecular formula is C13H17N3O4S. The Morgan fingerprint density at radius 1 is 1.57 bits per heavy atom. The van der Waals surface area contributed by atoms with E-state index in [1.54, 1.807) is 10.6 Å². The molecular weight excluding hydrogens is 294 g/mol. The van der Waals surface area contributed by atoms with Gasteiger partial charge in [-0.2, -0.15) is 0 Å².